The minimum absolute atomic E-state index is 0.364. The van der Waals surface area contributed by atoms with Gasteiger partial charge in [0.15, 0.2) is 5.79 Å². The average Bonchev–Trinajstić information content (AvgIpc) is 2.53. The summed E-state index contributed by atoms with van der Waals surface area (Å²) in [5.74, 6) is 0.402. The molecule has 0 aromatic carbocycles. The summed E-state index contributed by atoms with van der Waals surface area (Å²) < 4.78 is 11.4. The van der Waals surface area contributed by atoms with Gasteiger partial charge in [-0.15, -0.1) is 0 Å². The molecule has 3 N–H and O–H groups in total. The summed E-state index contributed by atoms with van der Waals surface area (Å²) >= 11 is 0. The van der Waals surface area contributed by atoms with E-state index < -0.39 is 0 Å². The second-order valence-corrected chi connectivity index (χ2v) is 6.45. The van der Waals surface area contributed by atoms with Crippen LogP contribution in [0.15, 0.2) is 0 Å². The van der Waals surface area contributed by atoms with Crippen molar-refractivity contribution in [3.8, 4) is 0 Å². The Kier molecular flexibility index (Phi) is 14.3. The molecule has 0 amide bonds. The van der Waals surface area contributed by atoms with Crippen molar-refractivity contribution >= 4 is 0 Å². The van der Waals surface area contributed by atoms with Crippen molar-refractivity contribution in [3.05, 3.63) is 0 Å². The second-order valence-electron chi connectivity index (χ2n) is 6.45. The smallest absolute Gasteiger partial charge is 0.167 e. The van der Waals surface area contributed by atoms with Gasteiger partial charge in [0.05, 0.1) is 0 Å². The van der Waals surface area contributed by atoms with Gasteiger partial charge in [-0.05, 0) is 38.1 Å². The maximum absolute atomic E-state index is 5.70. The fraction of sp³-hybridized carbons (Fsp3) is 1.00. The molecular weight excluding hydrogens is 276 g/mol. The molecule has 0 saturated carbocycles. The Hall–Kier alpha value is -0.160. The van der Waals surface area contributed by atoms with Crippen molar-refractivity contribution in [2.45, 2.75) is 77.4 Å². The van der Waals surface area contributed by atoms with Gasteiger partial charge < -0.3 is 20.5 Å². The van der Waals surface area contributed by atoms with Crippen molar-refractivity contribution in [1.82, 2.24) is 5.32 Å². The summed E-state index contributed by atoms with van der Waals surface area (Å²) in [7, 11) is 3.56. The number of ether oxygens (including phenoxy) is 2. The van der Waals surface area contributed by atoms with Crippen LogP contribution >= 0.6 is 0 Å². The lowest BCUT2D eigenvalue weighted by molar-refractivity contribution is -0.216. The van der Waals surface area contributed by atoms with Crippen LogP contribution in [0.2, 0.25) is 0 Å². The molecule has 4 heteroatoms. The molecule has 134 valence electrons. The van der Waals surface area contributed by atoms with Gasteiger partial charge in [0.25, 0.3) is 0 Å². The van der Waals surface area contributed by atoms with Crippen LogP contribution in [0.3, 0.4) is 0 Å². The quantitative estimate of drug-likeness (QED) is 0.337. The first-order valence-electron chi connectivity index (χ1n) is 9.15. The molecule has 0 saturated heterocycles. The van der Waals surface area contributed by atoms with Crippen LogP contribution in [0, 0.1) is 5.92 Å². The molecule has 0 heterocycles. The number of rotatable bonds is 16. The molecular formula is C18H40N2O2. The van der Waals surface area contributed by atoms with Crippen molar-refractivity contribution in [2.24, 2.45) is 11.7 Å². The minimum atomic E-state index is -0.364. The van der Waals surface area contributed by atoms with E-state index >= 15 is 0 Å². The Balaban J connectivity index is 3.85. The molecule has 0 rings (SSSR count). The number of hydrogen-bond acceptors (Lipinski definition) is 4. The summed E-state index contributed by atoms with van der Waals surface area (Å²) in [6.45, 7) is 7.31. The molecule has 0 spiro atoms. The Morgan fingerprint density at radius 3 is 2.18 bits per heavy atom. The lowest BCUT2D eigenvalue weighted by atomic mass is 9.95. The highest BCUT2D eigenvalue weighted by Crippen LogP contribution is 2.27. The summed E-state index contributed by atoms with van der Waals surface area (Å²) in [6.07, 6.45) is 10.6. The molecule has 0 aromatic rings. The summed E-state index contributed by atoms with van der Waals surface area (Å²) in [6, 6.07) is 0. The highest BCUT2D eigenvalue weighted by Gasteiger charge is 2.28. The van der Waals surface area contributed by atoms with E-state index in [-0.39, 0.29) is 5.79 Å². The average molecular weight is 317 g/mol. The van der Waals surface area contributed by atoms with Gasteiger partial charge >= 0.3 is 0 Å². The third-order valence-electron chi connectivity index (χ3n) is 4.53. The van der Waals surface area contributed by atoms with E-state index in [1.807, 2.05) is 0 Å². The highest BCUT2D eigenvalue weighted by molar-refractivity contribution is 4.70. The van der Waals surface area contributed by atoms with Gasteiger partial charge in [-0.25, -0.2) is 0 Å². The van der Waals surface area contributed by atoms with Crippen LogP contribution in [-0.2, 0) is 9.47 Å². The van der Waals surface area contributed by atoms with Gasteiger partial charge in [-0.2, -0.15) is 0 Å². The first-order chi connectivity index (χ1) is 10.6. The predicted octanol–water partition coefficient (Wildman–Crippen LogP) is 3.69. The van der Waals surface area contributed by atoms with Crippen LogP contribution < -0.4 is 11.1 Å². The summed E-state index contributed by atoms with van der Waals surface area (Å²) in [5, 5.41) is 3.35. The van der Waals surface area contributed by atoms with Gasteiger partial charge in [0.1, 0.15) is 0 Å². The van der Waals surface area contributed by atoms with Gasteiger partial charge in [0.2, 0.25) is 0 Å². The molecule has 0 fully saturated rings. The second kappa shape index (κ2) is 14.4. The summed E-state index contributed by atoms with van der Waals surface area (Å²) in [4.78, 5) is 0. The fourth-order valence-electron chi connectivity index (χ4n) is 2.93. The summed E-state index contributed by atoms with van der Waals surface area (Å²) in [5.41, 5.74) is 5.46. The molecule has 1 unspecified atom stereocenters. The third kappa shape index (κ3) is 10.5. The van der Waals surface area contributed by atoms with Crippen molar-refractivity contribution in [3.63, 3.8) is 0 Å². The maximum atomic E-state index is 5.70. The lowest BCUT2D eigenvalue weighted by Gasteiger charge is -2.31. The van der Waals surface area contributed by atoms with Gasteiger partial charge in [-0.3, -0.25) is 0 Å². The predicted molar refractivity (Wildman–Crippen MR) is 95.1 cm³/mol. The lowest BCUT2D eigenvalue weighted by Crippen LogP contribution is -2.33. The standard InChI is InChI=1S/C18H40N2O2/c1-5-6-7-12-18(21-3,22-4)13-8-10-17(2)11-9-15-20-16-14-19/h17,20H,5-16,19H2,1-4H3. The first kappa shape index (κ1) is 21.8. The molecule has 0 aromatic heterocycles. The monoisotopic (exact) mass is 316 g/mol. The first-order valence-corrected chi connectivity index (χ1v) is 9.15. The van der Waals surface area contributed by atoms with E-state index in [0.29, 0.717) is 0 Å². The van der Waals surface area contributed by atoms with E-state index in [9.17, 15) is 0 Å². The van der Waals surface area contributed by atoms with E-state index in [2.05, 4.69) is 19.2 Å². The highest BCUT2D eigenvalue weighted by atomic mass is 16.7. The van der Waals surface area contributed by atoms with Crippen LogP contribution in [0.5, 0.6) is 0 Å². The Morgan fingerprint density at radius 2 is 1.59 bits per heavy atom. The number of nitrogens with one attached hydrogen (secondary N) is 1. The molecule has 0 bridgehead atoms. The van der Waals surface area contributed by atoms with E-state index in [1.54, 1.807) is 14.2 Å². The third-order valence-corrected chi connectivity index (χ3v) is 4.53. The zero-order valence-corrected chi connectivity index (χ0v) is 15.5. The number of hydrogen-bond donors (Lipinski definition) is 2. The normalized spacial score (nSPS) is 13.5. The minimum Gasteiger partial charge on any atom is -0.353 e. The van der Waals surface area contributed by atoms with Crippen LogP contribution in [0.25, 0.3) is 0 Å². The molecule has 1 atom stereocenters. The SMILES string of the molecule is CCCCCC(CCCC(C)CCCNCCN)(OC)OC. The Morgan fingerprint density at radius 1 is 0.955 bits per heavy atom. The van der Waals surface area contributed by atoms with Crippen LogP contribution in [0.1, 0.15) is 71.6 Å². The van der Waals surface area contributed by atoms with Crippen molar-refractivity contribution in [2.75, 3.05) is 33.9 Å². The van der Waals surface area contributed by atoms with Crippen molar-refractivity contribution in [1.29, 1.82) is 0 Å². The zero-order valence-electron chi connectivity index (χ0n) is 15.5. The molecule has 0 radical (unpaired) electrons. The molecule has 4 nitrogen and oxygen atoms in total. The number of nitrogens with two attached hydrogens (primary N) is 1. The maximum Gasteiger partial charge on any atom is 0.167 e. The molecule has 0 aliphatic rings. The Bertz CT molecular complexity index is 233. The van der Waals surface area contributed by atoms with Gasteiger partial charge in [-0.1, -0.05) is 33.1 Å². The molecule has 0 aliphatic carbocycles. The number of unbranched alkanes of at least 4 members (excludes halogenated alkanes) is 2. The molecule has 0 aliphatic heterocycles. The Labute approximate surface area is 138 Å². The van der Waals surface area contributed by atoms with Gasteiger partial charge in [0, 0.05) is 40.2 Å². The fourth-order valence-corrected chi connectivity index (χ4v) is 2.93. The van der Waals surface area contributed by atoms with Crippen LogP contribution in [-0.4, -0.2) is 39.6 Å². The van der Waals surface area contributed by atoms with E-state index in [0.717, 1.165) is 38.4 Å². The topological polar surface area (TPSA) is 56.5 Å². The van der Waals surface area contributed by atoms with Crippen molar-refractivity contribution < 1.29 is 9.47 Å². The van der Waals surface area contributed by atoms with Crippen LogP contribution in [0.4, 0.5) is 0 Å². The zero-order chi connectivity index (χ0) is 16.7. The number of methoxy groups -OCH3 is 2. The van der Waals surface area contributed by atoms with E-state index in [1.165, 1.54) is 44.9 Å². The largest absolute Gasteiger partial charge is 0.353 e. The molecule has 22 heavy (non-hydrogen) atoms. The van der Waals surface area contributed by atoms with E-state index in [4.69, 9.17) is 15.2 Å².